The number of likely N-dealkylation sites (tertiary alicyclic amines) is 1. The number of H-pyrrole nitrogens is 1. The fourth-order valence-electron chi connectivity index (χ4n) is 4.73. The summed E-state index contributed by atoms with van der Waals surface area (Å²) >= 11 is 1.42. The van der Waals surface area contributed by atoms with Gasteiger partial charge in [0.1, 0.15) is 5.52 Å². The molecule has 0 saturated carbocycles. The first-order valence-corrected chi connectivity index (χ1v) is 13.7. The number of aromatic amines is 1. The number of nitrogens with one attached hydrogen (secondary N) is 3. The Morgan fingerprint density at radius 1 is 1.28 bits per heavy atom. The van der Waals surface area contributed by atoms with Gasteiger partial charge in [-0.15, -0.1) is 5.10 Å². The summed E-state index contributed by atoms with van der Waals surface area (Å²) in [5, 5.41) is 28.9. The molecule has 0 bridgehead atoms. The highest BCUT2D eigenvalue weighted by Crippen LogP contribution is 2.29. The van der Waals surface area contributed by atoms with E-state index in [0.717, 1.165) is 22.5 Å². The van der Waals surface area contributed by atoms with Crippen LogP contribution in [0.25, 0.3) is 5.52 Å². The molecule has 204 valence electrons. The molecule has 0 unspecified atom stereocenters. The van der Waals surface area contributed by atoms with Crippen LogP contribution in [0.2, 0.25) is 0 Å². The zero-order valence-corrected chi connectivity index (χ0v) is 22.2. The first-order valence-electron chi connectivity index (χ1n) is 12.8. The summed E-state index contributed by atoms with van der Waals surface area (Å²) in [5.74, 6) is 1.20. The van der Waals surface area contributed by atoms with Crippen molar-refractivity contribution < 1.29 is 19.4 Å². The number of carbonyl (C=O) groups excluding carboxylic acids is 1. The number of aryl methyl sites for hydroxylation is 1. The highest BCUT2D eigenvalue weighted by molar-refractivity contribution is 7.99. The second-order valence-corrected chi connectivity index (χ2v) is 10.8. The number of ether oxygens (including phenoxy) is 2. The number of benzene rings is 1. The summed E-state index contributed by atoms with van der Waals surface area (Å²) in [5.41, 5.74) is 2.48. The van der Waals surface area contributed by atoms with Gasteiger partial charge in [0.2, 0.25) is 11.1 Å². The number of aliphatic hydroxyl groups is 1. The lowest BCUT2D eigenvalue weighted by Crippen LogP contribution is -2.33. The molecule has 3 aromatic heterocycles. The first-order chi connectivity index (χ1) is 19.0. The number of aliphatic hydroxyl groups excluding tert-OH is 1. The molecule has 4 N–H and O–H groups in total. The molecule has 3 atom stereocenters. The van der Waals surface area contributed by atoms with Crippen LogP contribution in [0.3, 0.4) is 0 Å². The topological polar surface area (TPSA) is 142 Å². The highest BCUT2D eigenvalue weighted by atomic mass is 32.2. The minimum Gasteiger partial charge on any atom is -0.389 e. The number of carbonyl (C=O) groups is 1. The van der Waals surface area contributed by atoms with E-state index >= 15 is 0 Å². The Balaban J connectivity index is 1.05. The molecule has 4 aromatic rings. The molecule has 6 rings (SSSR count). The van der Waals surface area contributed by atoms with Crippen LogP contribution in [0.4, 0.5) is 17.3 Å². The van der Waals surface area contributed by atoms with E-state index in [-0.39, 0.29) is 24.7 Å². The SMILES string of the molecule is Cc1cc(Nc2nc(Sc3ccc(NC(=O)CN4C[C@H](O[C@@H]5CCOC5)[C@@H](O)C4)cc3)nn3cccc23)n[nH]1. The second-order valence-electron chi connectivity index (χ2n) is 9.74. The first kappa shape index (κ1) is 25.8. The van der Waals surface area contributed by atoms with Gasteiger partial charge in [0.25, 0.3) is 0 Å². The Bertz CT molecular complexity index is 1440. The monoisotopic (exact) mass is 550 g/mol. The average Bonchev–Trinajstić information content (AvgIpc) is 3.71. The normalized spacial score (nSPS) is 21.5. The van der Waals surface area contributed by atoms with Crippen LogP contribution in [-0.2, 0) is 14.3 Å². The minimum atomic E-state index is -0.609. The Labute approximate surface area is 229 Å². The van der Waals surface area contributed by atoms with Gasteiger partial charge in [-0.05, 0) is 61.5 Å². The predicted octanol–water partition coefficient (Wildman–Crippen LogP) is 2.44. The molecule has 2 aliphatic rings. The molecule has 1 amide bonds. The van der Waals surface area contributed by atoms with Crippen molar-refractivity contribution in [1.29, 1.82) is 0 Å². The number of nitrogens with zero attached hydrogens (tertiary/aromatic N) is 5. The van der Waals surface area contributed by atoms with Crippen molar-refractivity contribution in [2.75, 3.05) is 43.5 Å². The Morgan fingerprint density at radius 3 is 2.92 bits per heavy atom. The summed E-state index contributed by atoms with van der Waals surface area (Å²) in [4.78, 5) is 20.2. The van der Waals surface area contributed by atoms with Crippen molar-refractivity contribution in [1.82, 2.24) is 29.7 Å². The fraction of sp³-hybridized carbons (Fsp3) is 0.385. The highest BCUT2D eigenvalue weighted by Gasteiger charge is 2.35. The van der Waals surface area contributed by atoms with Crippen LogP contribution in [0.5, 0.6) is 0 Å². The van der Waals surface area contributed by atoms with Gasteiger partial charge >= 0.3 is 0 Å². The van der Waals surface area contributed by atoms with E-state index in [1.807, 2.05) is 60.5 Å². The molecule has 12 nitrogen and oxygen atoms in total. The van der Waals surface area contributed by atoms with Gasteiger partial charge in [0.05, 0.1) is 31.5 Å². The van der Waals surface area contributed by atoms with E-state index in [1.54, 1.807) is 4.52 Å². The quantitative estimate of drug-likeness (QED) is 0.245. The number of hydrogen-bond acceptors (Lipinski definition) is 10. The maximum absolute atomic E-state index is 12.7. The lowest BCUT2D eigenvalue weighted by atomic mass is 10.2. The van der Waals surface area contributed by atoms with Gasteiger partial charge in [-0.25, -0.2) is 9.50 Å². The number of amides is 1. The van der Waals surface area contributed by atoms with Crippen LogP contribution in [0.15, 0.2) is 58.7 Å². The van der Waals surface area contributed by atoms with E-state index < -0.39 is 6.10 Å². The van der Waals surface area contributed by atoms with Gasteiger partial charge in [-0.1, -0.05) is 0 Å². The van der Waals surface area contributed by atoms with Crippen LogP contribution in [0, 0.1) is 6.92 Å². The van der Waals surface area contributed by atoms with Crippen LogP contribution < -0.4 is 10.6 Å². The Kier molecular flexibility index (Phi) is 7.48. The molecule has 0 spiro atoms. The molecular formula is C26H30N8O4S. The molecule has 2 aliphatic heterocycles. The van der Waals surface area contributed by atoms with Crippen molar-refractivity contribution in [2.45, 2.75) is 41.7 Å². The van der Waals surface area contributed by atoms with Gasteiger partial charge in [-0.2, -0.15) is 5.10 Å². The smallest absolute Gasteiger partial charge is 0.238 e. The van der Waals surface area contributed by atoms with Crippen LogP contribution in [0.1, 0.15) is 12.1 Å². The zero-order chi connectivity index (χ0) is 26.8. The molecule has 0 aliphatic carbocycles. The summed E-state index contributed by atoms with van der Waals surface area (Å²) in [6, 6.07) is 13.3. The van der Waals surface area contributed by atoms with Crippen molar-refractivity contribution in [3.63, 3.8) is 0 Å². The second kappa shape index (κ2) is 11.3. The molecule has 2 fully saturated rings. The van der Waals surface area contributed by atoms with Crippen molar-refractivity contribution in [2.24, 2.45) is 0 Å². The number of anilines is 3. The maximum Gasteiger partial charge on any atom is 0.238 e. The third-order valence-corrected chi connectivity index (χ3v) is 7.47. The number of hydrogen-bond donors (Lipinski definition) is 4. The van der Waals surface area contributed by atoms with Gasteiger partial charge in [0, 0.05) is 48.2 Å². The molecule has 13 heteroatoms. The number of rotatable bonds is 9. The summed E-state index contributed by atoms with van der Waals surface area (Å²) < 4.78 is 13.1. The van der Waals surface area contributed by atoms with Crippen LogP contribution >= 0.6 is 11.8 Å². The lowest BCUT2D eigenvalue weighted by molar-refractivity contribution is -0.117. The van der Waals surface area contributed by atoms with E-state index in [2.05, 4.69) is 25.9 Å². The molecule has 5 heterocycles. The number of β-amino-alcohol motifs (C(OH)–C–C–N with tert-alkyl or cyclic N) is 1. The summed E-state index contributed by atoms with van der Waals surface area (Å²) in [6.45, 7) is 4.30. The summed E-state index contributed by atoms with van der Waals surface area (Å²) in [6.07, 6.45) is 1.83. The Hall–Kier alpha value is -3.49. The third kappa shape index (κ3) is 6.23. The van der Waals surface area contributed by atoms with E-state index in [1.165, 1.54) is 11.8 Å². The molecule has 1 aromatic carbocycles. The predicted molar refractivity (Wildman–Crippen MR) is 145 cm³/mol. The van der Waals surface area contributed by atoms with Crippen molar-refractivity contribution >= 4 is 40.5 Å². The van der Waals surface area contributed by atoms with Crippen molar-refractivity contribution in [3.8, 4) is 0 Å². The summed E-state index contributed by atoms with van der Waals surface area (Å²) in [7, 11) is 0. The molecule has 39 heavy (non-hydrogen) atoms. The molecule has 0 radical (unpaired) electrons. The molecular weight excluding hydrogens is 520 g/mol. The van der Waals surface area contributed by atoms with Gasteiger partial charge in [0.15, 0.2) is 11.6 Å². The number of aromatic nitrogens is 5. The minimum absolute atomic E-state index is 0.0219. The number of fused-ring (bicyclic) bond motifs is 1. The van der Waals surface area contributed by atoms with Gasteiger partial charge in [-0.3, -0.25) is 14.8 Å². The van der Waals surface area contributed by atoms with E-state index in [0.29, 0.717) is 48.8 Å². The lowest BCUT2D eigenvalue weighted by Gasteiger charge is -2.19. The Morgan fingerprint density at radius 2 is 2.15 bits per heavy atom. The largest absolute Gasteiger partial charge is 0.389 e. The van der Waals surface area contributed by atoms with E-state index in [9.17, 15) is 9.90 Å². The van der Waals surface area contributed by atoms with Crippen LogP contribution in [-0.4, -0.2) is 91.9 Å². The van der Waals surface area contributed by atoms with Gasteiger partial charge < -0.3 is 25.2 Å². The fourth-order valence-corrected chi connectivity index (χ4v) is 5.48. The van der Waals surface area contributed by atoms with Crippen molar-refractivity contribution in [3.05, 3.63) is 54.4 Å². The third-order valence-electron chi connectivity index (χ3n) is 6.61. The average molecular weight is 551 g/mol. The maximum atomic E-state index is 12.7. The zero-order valence-electron chi connectivity index (χ0n) is 21.4. The van der Waals surface area contributed by atoms with E-state index in [4.69, 9.17) is 14.5 Å². The molecule has 2 saturated heterocycles. The standard InChI is InChI=1S/C26H30N8O4S/c1-16-11-23(31-30-16)28-25-20-3-2-9-34(20)32-26(29-25)39-19-6-4-17(5-7-19)27-24(36)14-33-12-21(35)22(13-33)38-18-8-10-37-15-18/h2-7,9,11,18,21-22,35H,8,10,12-15H2,1H3,(H,27,36)(H2,28,29,30,31,32)/t18-,21+,22+/m1/s1.